The van der Waals surface area contributed by atoms with Crippen molar-refractivity contribution >= 4 is 0 Å². The first-order chi connectivity index (χ1) is 9.29. The SMILES string of the molecule is CCCNC(CC1CCCCC1)c1cccc(F)c1. The topological polar surface area (TPSA) is 12.0 Å². The third kappa shape index (κ3) is 4.61. The number of benzene rings is 1. The van der Waals surface area contributed by atoms with Crippen LogP contribution in [0.2, 0.25) is 0 Å². The van der Waals surface area contributed by atoms with E-state index in [9.17, 15) is 4.39 Å². The number of hydrogen-bond acceptors (Lipinski definition) is 1. The van der Waals surface area contributed by atoms with Crippen molar-refractivity contribution in [2.24, 2.45) is 5.92 Å². The van der Waals surface area contributed by atoms with E-state index in [0.29, 0.717) is 6.04 Å². The molecule has 1 unspecified atom stereocenters. The van der Waals surface area contributed by atoms with Gasteiger partial charge in [-0.15, -0.1) is 0 Å². The highest BCUT2D eigenvalue weighted by Gasteiger charge is 2.20. The summed E-state index contributed by atoms with van der Waals surface area (Å²) in [5.41, 5.74) is 1.11. The number of nitrogens with one attached hydrogen (secondary N) is 1. The van der Waals surface area contributed by atoms with E-state index in [1.165, 1.54) is 38.2 Å². The molecule has 2 heteroatoms. The Morgan fingerprint density at radius 2 is 2.05 bits per heavy atom. The van der Waals surface area contributed by atoms with Crippen molar-refractivity contribution in [1.82, 2.24) is 5.32 Å². The summed E-state index contributed by atoms with van der Waals surface area (Å²) in [5.74, 6) is 0.691. The summed E-state index contributed by atoms with van der Waals surface area (Å²) >= 11 is 0. The molecule has 1 aromatic carbocycles. The van der Waals surface area contributed by atoms with Gasteiger partial charge in [-0.05, 0) is 43.0 Å². The second kappa shape index (κ2) is 7.64. The summed E-state index contributed by atoms with van der Waals surface area (Å²) in [6.07, 6.45) is 9.10. The highest BCUT2D eigenvalue weighted by atomic mass is 19.1. The van der Waals surface area contributed by atoms with Gasteiger partial charge in [0.05, 0.1) is 0 Å². The standard InChI is InChI=1S/C17H26FN/c1-2-11-19-17(12-14-7-4-3-5-8-14)15-9-6-10-16(18)13-15/h6,9-10,13-14,17,19H,2-5,7-8,11-12H2,1H3. The molecule has 1 aliphatic carbocycles. The van der Waals surface area contributed by atoms with Gasteiger partial charge in [0.25, 0.3) is 0 Å². The normalized spacial score (nSPS) is 18.4. The molecule has 1 saturated carbocycles. The third-order valence-corrected chi connectivity index (χ3v) is 4.19. The largest absolute Gasteiger partial charge is 0.310 e. The molecule has 0 bridgehead atoms. The van der Waals surface area contributed by atoms with Crippen LogP contribution in [-0.2, 0) is 0 Å². The minimum absolute atomic E-state index is 0.121. The molecule has 1 aromatic rings. The van der Waals surface area contributed by atoms with Gasteiger partial charge in [-0.3, -0.25) is 0 Å². The Morgan fingerprint density at radius 3 is 2.74 bits per heavy atom. The lowest BCUT2D eigenvalue weighted by Gasteiger charge is -2.27. The number of rotatable bonds is 6. The van der Waals surface area contributed by atoms with Crippen LogP contribution in [0, 0.1) is 11.7 Å². The molecule has 0 heterocycles. The summed E-state index contributed by atoms with van der Waals surface area (Å²) in [6, 6.07) is 7.42. The molecule has 19 heavy (non-hydrogen) atoms. The van der Waals surface area contributed by atoms with Crippen LogP contribution in [0.15, 0.2) is 24.3 Å². The zero-order valence-corrected chi connectivity index (χ0v) is 12.0. The molecular weight excluding hydrogens is 237 g/mol. The predicted molar refractivity (Wildman–Crippen MR) is 78.6 cm³/mol. The molecule has 1 N–H and O–H groups in total. The van der Waals surface area contributed by atoms with Crippen LogP contribution in [0.3, 0.4) is 0 Å². The molecule has 1 atom stereocenters. The van der Waals surface area contributed by atoms with Crippen molar-refractivity contribution in [3.8, 4) is 0 Å². The Hall–Kier alpha value is -0.890. The Bertz CT molecular complexity index is 371. The molecule has 0 aromatic heterocycles. The predicted octanol–water partition coefficient (Wildman–Crippen LogP) is 4.84. The Balaban J connectivity index is 2.01. The van der Waals surface area contributed by atoms with Crippen molar-refractivity contribution < 1.29 is 4.39 Å². The minimum atomic E-state index is -0.121. The fraction of sp³-hybridized carbons (Fsp3) is 0.647. The number of hydrogen-bond donors (Lipinski definition) is 1. The van der Waals surface area contributed by atoms with E-state index in [0.717, 1.165) is 30.9 Å². The molecular formula is C17H26FN. The van der Waals surface area contributed by atoms with Crippen molar-refractivity contribution in [2.75, 3.05) is 6.54 Å². The van der Waals surface area contributed by atoms with Crippen LogP contribution in [0.5, 0.6) is 0 Å². The zero-order chi connectivity index (χ0) is 13.5. The fourth-order valence-corrected chi connectivity index (χ4v) is 3.14. The van der Waals surface area contributed by atoms with E-state index in [1.807, 2.05) is 6.07 Å². The zero-order valence-electron chi connectivity index (χ0n) is 12.0. The quantitative estimate of drug-likeness (QED) is 0.774. The molecule has 0 spiro atoms. The second-order valence-electron chi connectivity index (χ2n) is 5.80. The maximum Gasteiger partial charge on any atom is 0.123 e. The van der Waals surface area contributed by atoms with Gasteiger partial charge in [-0.25, -0.2) is 4.39 Å². The van der Waals surface area contributed by atoms with Crippen LogP contribution in [0.4, 0.5) is 4.39 Å². The van der Waals surface area contributed by atoms with Gasteiger partial charge >= 0.3 is 0 Å². The Labute approximate surface area is 116 Å². The molecule has 0 amide bonds. The summed E-state index contributed by atoms with van der Waals surface area (Å²) < 4.78 is 13.4. The molecule has 2 rings (SSSR count). The van der Waals surface area contributed by atoms with Crippen LogP contribution < -0.4 is 5.32 Å². The second-order valence-corrected chi connectivity index (χ2v) is 5.80. The molecule has 106 valence electrons. The van der Waals surface area contributed by atoms with E-state index in [2.05, 4.69) is 18.3 Å². The van der Waals surface area contributed by atoms with Crippen LogP contribution in [0.25, 0.3) is 0 Å². The Morgan fingerprint density at radius 1 is 1.26 bits per heavy atom. The van der Waals surface area contributed by atoms with E-state index in [1.54, 1.807) is 6.07 Å². The summed E-state index contributed by atoms with van der Waals surface area (Å²) in [6.45, 7) is 3.18. The van der Waals surface area contributed by atoms with Gasteiger partial charge in [-0.2, -0.15) is 0 Å². The minimum Gasteiger partial charge on any atom is -0.310 e. The van der Waals surface area contributed by atoms with Gasteiger partial charge in [0, 0.05) is 6.04 Å². The lowest BCUT2D eigenvalue weighted by molar-refractivity contribution is 0.299. The third-order valence-electron chi connectivity index (χ3n) is 4.19. The highest BCUT2D eigenvalue weighted by molar-refractivity contribution is 5.20. The molecule has 1 aliphatic rings. The van der Waals surface area contributed by atoms with E-state index >= 15 is 0 Å². The van der Waals surface area contributed by atoms with Gasteiger partial charge in [-0.1, -0.05) is 51.2 Å². The van der Waals surface area contributed by atoms with Crippen molar-refractivity contribution in [3.63, 3.8) is 0 Å². The smallest absolute Gasteiger partial charge is 0.123 e. The van der Waals surface area contributed by atoms with Crippen LogP contribution in [0.1, 0.15) is 63.5 Å². The van der Waals surface area contributed by atoms with Crippen LogP contribution in [-0.4, -0.2) is 6.54 Å². The molecule has 0 saturated heterocycles. The Kier molecular flexibility index (Phi) is 5.84. The first kappa shape index (κ1) is 14.5. The van der Waals surface area contributed by atoms with Gasteiger partial charge in [0.2, 0.25) is 0 Å². The lowest BCUT2D eigenvalue weighted by atomic mass is 9.83. The monoisotopic (exact) mass is 263 g/mol. The van der Waals surface area contributed by atoms with Gasteiger partial charge in [0.1, 0.15) is 5.82 Å². The molecule has 1 nitrogen and oxygen atoms in total. The molecule has 0 aliphatic heterocycles. The average molecular weight is 263 g/mol. The van der Waals surface area contributed by atoms with Crippen molar-refractivity contribution in [2.45, 2.75) is 57.9 Å². The highest BCUT2D eigenvalue weighted by Crippen LogP contribution is 2.32. The first-order valence-corrected chi connectivity index (χ1v) is 7.78. The summed E-state index contributed by atoms with van der Waals surface area (Å²) in [5, 5.41) is 3.59. The van der Waals surface area contributed by atoms with E-state index < -0.39 is 0 Å². The van der Waals surface area contributed by atoms with E-state index in [-0.39, 0.29) is 5.82 Å². The van der Waals surface area contributed by atoms with Crippen molar-refractivity contribution in [3.05, 3.63) is 35.6 Å². The maximum atomic E-state index is 13.4. The fourth-order valence-electron chi connectivity index (χ4n) is 3.14. The van der Waals surface area contributed by atoms with Crippen LogP contribution >= 0.6 is 0 Å². The maximum absolute atomic E-state index is 13.4. The van der Waals surface area contributed by atoms with Crippen molar-refractivity contribution in [1.29, 1.82) is 0 Å². The first-order valence-electron chi connectivity index (χ1n) is 7.78. The number of halogens is 1. The summed E-state index contributed by atoms with van der Waals surface area (Å²) in [4.78, 5) is 0. The van der Waals surface area contributed by atoms with E-state index in [4.69, 9.17) is 0 Å². The summed E-state index contributed by atoms with van der Waals surface area (Å²) in [7, 11) is 0. The molecule has 1 fully saturated rings. The van der Waals surface area contributed by atoms with Gasteiger partial charge < -0.3 is 5.32 Å². The lowest BCUT2D eigenvalue weighted by Crippen LogP contribution is -2.25. The van der Waals surface area contributed by atoms with Gasteiger partial charge in [0.15, 0.2) is 0 Å². The molecule has 0 radical (unpaired) electrons. The average Bonchev–Trinajstić information content (AvgIpc) is 2.44.